The van der Waals surface area contributed by atoms with Crippen molar-refractivity contribution < 1.29 is 33.4 Å². The standard InChI is InChI=1S/C27H20Br2N.ClHO4/c28-20-9-5-7-18(15-20)27(19-8-6-10-21(29)16-19)17-25-22-11-1-2-12-23(22)26(27)24-13-3-4-14-30(24)25;2-1(3,4)5/h1-16,25-26H,17H2;(H,2,3,4,5)/q+1;/p-1. The number of hydrogen-bond acceptors (Lipinski definition) is 4. The maximum absolute atomic E-state index is 8.49. The first-order valence-electron chi connectivity index (χ1n) is 10.9. The number of halogens is 3. The first-order valence-corrected chi connectivity index (χ1v) is 13.7. The van der Waals surface area contributed by atoms with Crippen LogP contribution in [-0.4, -0.2) is 0 Å². The highest BCUT2D eigenvalue weighted by Crippen LogP contribution is 2.59. The highest BCUT2D eigenvalue weighted by molar-refractivity contribution is 9.10. The fourth-order valence-electron chi connectivity index (χ4n) is 5.80. The Labute approximate surface area is 222 Å². The first kappa shape index (κ1) is 24.6. The van der Waals surface area contributed by atoms with Crippen molar-refractivity contribution in [1.82, 2.24) is 0 Å². The lowest BCUT2D eigenvalue weighted by Gasteiger charge is -2.50. The predicted molar refractivity (Wildman–Crippen MR) is 127 cm³/mol. The summed E-state index contributed by atoms with van der Waals surface area (Å²) in [4.78, 5) is 0. The van der Waals surface area contributed by atoms with Crippen molar-refractivity contribution in [1.29, 1.82) is 0 Å². The smallest absolute Gasteiger partial charge is 0.190 e. The summed E-state index contributed by atoms with van der Waals surface area (Å²) in [5, 5.41) is 0. The number of fused-ring (bicyclic) bond motifs is 1. The van der Waals surface area contributed by atoms with E-state index in [-0.39, 0.29) is 11.3 Å². The summed E-state index contributed by atoms with van der Waals surface area (Å²) in [6.45, 7) is 0. The maximum atomic E-state index is 8.49. The Morgan fingerprint density at radius 1 is 0.714 bits per heavy atom. The van der Waals surface area contributed by atoms with Crippen molar-refractivity contribution in [2.75, 3.05) is 0 Å². The van der Waals surface area contributed by atoms with E-state index < -0.39 is 10.2 Å². The molecule has 178 valence electrons. The lowest BCUT2D eigenvalue weighted by molar-refractivity contribution is -2.00. The minimum absolute atomic E-state index is 0.131. The second-order valence-corrected chi connectivity index (χ2v) is 11.3. The number of aromatic nitrogens is 1. The van der Waals surface area contributed by atoms with Crippen LogP contribution in [0.5, 0.6) is 0 Å². The first-order chi connectivity index (χ1) is 16.7. The van der Waals surface area contributed by atoms with Gasteiger partial charge in [-0.3, -0.25) is 0 Å². The Morgan fingerprint density at radius 2 is 1.26 bits per heavy atom. The molecule has 0 N–H and O–H groups in total. The molecular formula is C27H20Br2ClNO4. The summed E-state index contributed by atoms with van der Waals surface area (Å²) in [5.41, 5.74) is 6.93. The predicted octanol–water partition coefficient (Wildman–Crippen LogP) is 2.17. The zero-order valence-corrected chi connectivity index (χ0v) is 22.2. The topological polar surface area (TPSA) is 96.1 Å². The molecular weight excluding hydrogens is 598 g/mol. The van der Waals surface area contributed by atoms with E-state index in [4.69, 9.17) is 18.6 Å². The second-order valence-electron chi connectivity index (χ2n) is 8.68. The molecule has 8 heteroatoms. The Morgan fingerprint density at radius 3 is 1.83 bits per heavy atom. The molecule has 2 aliphatic heterocycles. The second kappa shape index (κ2) is 9.41. The molecule has 1 aliphatic carbocycles. The number of hydrogen-bond donors (Lipinski definition) is 0. The van der Waals surface area contributed by atoms with Gasteiger partial charge in [0.05, 0.1) is 5.92 Å². The van der Waals surface area contributed by atoms with E-state index in [1.165, 1.54) is 27.9 Å². The van der Waals surface area contributed by atoms with Crippen molar-refractivity contribution >= 4 is 31.9 Å². The SMILES string of the molecule is Brc1cccc(C2(c3cccc(Br)c3)CC3c4ccccc4C2c2cccc[n+]23)c1.[O-][Cl+3]([O-])([O-])[O-]. The fourth-order valence-corrected chi connectivity index (χ4v) is 6.60. The highest BCUT2D eigenvalue weighted by Gasteiger charge is 2.59. The molecule has 0 saturated carbocycles. The van der Waals surface area contributed by atoms with E-state index in [2.05, 4.69) is 134 Å². The molecule has 0 amide bonds. The van der Waals surface area contributed by atoms with Crippen molar-refractivity contribution in [3.63, 3.8) is 0 Å². The van der Waals surface area contributed by atoms with Crippen molar-refractivity contribution in [3.05, 3.63) is 134 Å². The van der Waals surface area contributed by atoms with Crippen LogP contribution in [0.1, 0.15) is 46.3 Å². The molecule has 0 radical (unpaired) electrons. The van der Waals surface area contributed by atoms with E-state index in [9.17, 15) is 0 Å². The van der Waals surface area contributed by atoms with E-state index in [0.717, 1.165) is 15.4 Å². The average Bonchev–Trinajstić information content (AvgIpc) is 2.83. The van der Waals surface area contributed by atoms with Gasteiger partial charge in [-0.2, -0.15) is 4.57 Å². The van der Waals surface area contributed by atoms with Gasteiger partial charge in [-0.1, -0.05) is 86.5 Å². The highest BCUT2D eigenvalue weighted by atomic mass is 79.9. The third kappa shape index (κ3) is 4.58. The van der Waals surface area contributed by atoms with Gasteiger partial charge in [0.2, 0.25) is 0 Å². The van der Waals surface area contributed by atoms with Crippen LogP contribution in [0.2, 0.25) is 0 Å². The third-order valence-electron chi connectivity index (χ3n) is 6.91. The van der Waals surface area contributed by atoms with Crippen LogP contribution >= 0.6 is 31.9 Å². The van der Waals surface area contributed by atoms with Crippen LogP contribution < -0.4 is 23.2 Å². The van der Waals surface area contributed by atoms with Gasteiger partial charge in [0.15, 0.2) is 17.9 Å². The molecule has 4 aromatic rings. The van der Waals surface area contributed by atoms with Gasteiger partial charge >= 0.3 is 0 Å². The van der Waals surface area contributed by atoms with Crippen LogP contribution in [0.25, 0.3) is 0 Å². The molecule has 2 atom stereocenters. The summed E-state index contributed by atoms with van der Waals surface area (Å²) in [7, 11) is -4.94. The lowest BCUT2D eigenvalue weighted by Crippen LogP contribution is -2.68. The minimum Gasteiger partial charge on any atom is -0.222 e. The zero-order chi connectivity index (χ0) is 24.8. The molecule has 7 rings (SSSR count). The van der Waals surface area contributed by atoms with Crippen LogP contribution in [0, 0.1) is 10.2 Å². The number of benzene rings is 3. The number of rotatable bonds is 2. The van der Waals surface area contributed by atoms with Gasteiger partial charge in [0.1, 0.15) is 0 Å². The summed E-state index contributed by atoms with van der Waals surface area (Å²) >= 11 is 7.48. The summed E-state index contributed by atoms with van der Waals surface area (Å²) < 4.78 is 38.7. The molecule has 0 saturated heterocycles. The molecule has 3 aromatic carbocycles. The maximum Gasteiger partial charge on any atom is 0.190 e. The molecule has 3 aliphatic rings. The Kier molecular flexibility index (Phi) is 6.61. The van der Waals surface area contributed by atoms with E-state index in [0.29, 0.717) is 6.04 Å². The summed E-state index contributed by atoms with van der Waals surface area (Å²) in [6.07, 6.45) is 3.30. The molecule has 1 aromatic heterocycles. The summed E-state index contributed by atoms with van der Waals surface area (Å²) in [5.74, 6) is 0.253. The Balaban J connectivity index is 0.000000464. The van der Waals surface area contributed by atoms with Crippen molar-refractivity contribution in [2.45, 2.75) is 23.8 Å². The van der Waals surface area contributed by atoms with Crippen molar-refractivity contribution in [3.8, 4) is 0 Å². The summed E-state index contributed by atoms with van der Waals surface area (Å²) in [6, 6.07) is 33.9. The minimum atomic E-state index is -4.94. The normalized spacial score (nSPS) is 19.3. The lowest BCUT2D eigenvalue weighted by atomic mass is 9.53. The van der Waals surface area contributed by atoms with Gasteiger partial charge in [0, 0.05) is 38.5 Å². The largest absolute Gasteiger partial charge is 0.222 e. The number of nitrogens with zero attached hydrogens (tertiary/aromatic N) is 1. The molecule has 0 spiro atoms. The number of pyridine rings is 1. The average molecular weight is 618 g/mol. The van der Waals surface area contributed by atoms with Gasteiger partial charge < -0.3 is 0 Å². The molecule has 0 fully saturated rings. The van der Waals surface area contributed by atoms with Gasteiger partial charge in [0.25, 0.3) is 0 Å². The quantitative estimate of drug-likeness (QED) is 0.322. The van der Waals surface area contributed by atoms with Gasteiger partial charge in [-0.15, -0.1) is 10.2 Å². The van der Waals surface area contributed by atoms with Crippen LogP contribution in [0.15, 0.2) is 106 Å². The van der Waals surface area contributed by atoms with Crippen LogP contribution in [-0.2, 0) is 5.41 Å². The van der Waals surface area contributed by atoms with E-state index >= 15 is 0 Å². The van der Waals surface area contributed by atoms with Crippen molar-refractivity contribution in [2.24, 2.45) is 0 Å². The van der Waals surface area contributed by atoms with E-state index in [1.54, 1.807) is 0 Å². The molecule has 5 nitrogen and oxygen atoms in total. The molecule has 3 heterocycles. The van der Waals surface area contributed by atoms with Gasteiger partial charge in [-0.05, 0) is 41.0 Å². The zero-order valence-electron chi connectivity index (χ0n) is 18.3. The third-order valence-corrected chi connectivity index (χ3v) is 7.89. The molecule has 35 heavy (non-hydrogen) atoms. The fraction of sp³-hybridized carbons (Fsp3) is 0.148. The van der Waals surface area contributed by atoms with E-state index in [1.807, 2.05) is 0 Å². The molecule has 2 bridgehead atoms. The van der Waals surface area contributed by atoms with Crippen LogP contribution in [0.4, 0.5) is 0 Å². The van der Waals surface area contributed by atoms with Crippen LogP contribution in [0.3, 0.4) is 0 Å². The Bertz CT molecular complexity index is 1290. The van der Waals surface area contributed by atoms with Gasteiger partial charge in [-0.25, -0.2) is 18.6 Å². The monoisotopic (exact) mass is 615 g/mol. The Hall–Kier alpha value is -2.10. The molecule has 2 unspecified atom stereocenters.